The summed E-state index contributed by atoms with van der Waals surface area (Å²) < 4.78 is 11.0. The maximum Gasteiger partial charge on any atom is 0.266 e. The Morgan fingerprint density at radius 2 is 2.26 bits per heavy atom. The predicted octanol–water partition coefficient (Wildman–Crippen LogP) is 2.98. The van der Waals surface area contributed by atoms with Crippen LogP contribution in [0.15, 0.2) is 35.8 Å². The molecular formula is C16H14N2O3S2. The first-order valence-corrected chi connectivity index (χ1v) is 7.87. The molecule has 7 heteroatoms. The molecule has 0 spiro atoms. The van der Waals surface area contributed by atoms with Crippen molar-refractivity contribution in [2.45, 2.75) is 0 Å². The third kappa shape index (κ3) is 3.92. The van der Waals surface area contributed by atoms with Crippen molar-refractivity contribution in [1.82, 2.24) is 4.90 Å². The minimum Gasteiger partial charge on any atom is -0.493 e. The number of thioether (sulfide) groups is 1. The van der Waals surface area contributed by atoms with Crippen LogP contribution in [0.5, 0.6) is 11.5 Å². The van der Waals surface area contributed by atoms with Crippen molar-refractivity contribution < 1.29 is 14.3 Å². The van der Waals surface area contributed by atoms with Crippen molar-refractivity contribution in [2.24, 2.45) is 0 Å². The molecule has 0 radical (unpaired) electrons. The van der Waals surface area contributed by atoms with E-state index in [4.69, 9.17) is 27.0 Å². The zero-order chi connectivity index (χ0) is 16.8. The van der Waals surface area contributed by atoms with Gasteiger partial charge in [-0.3, -0.25) is 9.69 Å². The number of thiocarbonyl (C=S) groups is 1. The molecule has 1 fully saturated rings. The van der Waals surface area contributed by atoms with Gasteiger partial charge in [-0.05, 0) is 23.8 Å². The smallest absolute Gasteiger partial charge is 0.266 e. The van der Waals surface area contributed by atoms with Gasteiger partial charge in [-0.25, -0.2) is 0 Å². The minimum atomic E-state index is -0.135. The Hall–Kier alpha value is -2.30. The van der Waals surface area contributed by atoms with Crippen molar-refractivity contribution in [3.63, 3.8) is 0 Å². The fourth-order valence-electron chi connectivity index (χ4n) is 1.94. The van der Waals surface area contributed by atoms with Crippen molar-refractivity contribution in [2.75, 3.05) is 20.3 Å². The number of benzene rings is 1. The van der Waals surface area contributed by atoms with E-state index in [2.05, 4.69) is 6.58 Å². The lowest BCUT2D eigenvalue weighted by atomic mass is 10.2. The molecule has 0 saturated carbocycles. The van der Waals surface area contributed by atoms with Gasteiger partial charge in [-0.15, -0.1) is 6.58 Å². The van der Waals surface area contributed by atoms with Gasteiger partial charge in [0.1, 0.15) is 10.4 Å². The van der Waals surface area contributed by atoms with Crippen molar-refractivity contribution in [1.29, 1.82) is 5.26 Å². The monoisotopic (exact) mass is 346 g/mol. The van der Waals surface area contributed by atoms with E-state index in [9.17, 15) is 4.79 Å². The molecule has 1 amide bonds. The quantitative estimate of drug-likeness (QED) is 0.448. The molecule has 1 saturated heterocycles. The number of nitriles is 1. The minimum absolute atomic E-state index is 0.0596. The van der Waals surface area contributed by atoms with Gasteiger partial charge in [-0.1, -0.05) is 36.1 Å². The number of nitrogens with zero attached hydrogens (tertiary/aromatic N) is 2. The molecule has 0 aromatic heterocycles. The number of hydrogen-bond donors (Lipinski definition) is 0. The Kier molecular flexibility index (Phi) is 5.79. The van der Waals surface area contributed by atoms with E-state index in [0.717, 1.165) is 5.56 Å². The summed E-state index contributed by atoms with van der Waals surface area (Å²) in [6.45, 7) is 3.96. The zero-order valence-corrected chi connectivity index (χ0v) is 14.1. The second kappa shape index (κ2) is 7.81. The lowest BCUT2D eigenvalue weighted by Crippen LogP contribution is -2.27. The Labute approximate surface area is 144 Å². The molecule has 0 unspecified atom stereocenters. The third-order valence-electron chi connectivity index (χ3n) is 2.96. The Morgan fingerprint density at radius 1 is 1.48 bits per heavy atom. The number of carbonyl (C=O) groups excluding carboxylic acids is 1. The van der Waals surface area contributed by atoms with Crippen molar-refractivity contribution in [3.05, 3.63) is 41.3 Å². The fraction of sp³-hybridized carbons (Fsp3) is 0.188. The van der Waals surface area contributed by atoms with E-state index in [0.29, 0.717) is 27.3 Å². The summed E-state index contributed by atoms with van der Waals surface area (Å²) in [5, 5.41) is 8.57. The van der Waals surface area contributed by atoms with Crippen LogP contribution in [0.1, 0.15) is 5.56 Å². The first-order chi connectivity index (χ1) is 11.1. The van der Waals surface area contributed by atoms with Crippen LogP contribution >= 0.6 is 24.0 Å². The lowest BCUT2D eigenvalue weighted by molar-refractivity contribution is -0.121. The van der Waals surface area contributed by atoms with E-state index < -0.39 is 0 Å². The molecule has 1 aliphatic rings. The number of amides is 1. The number of hydrogen-bond acceptors (Lipinski definition) is 6. The van der Waals surface area contributed by atoms with Gasteiger partial charge in [0.25, 0.3) is 5.91 Å². The molecule has 5 nitrogen and oxygen atoms in total. The van der Waals surface area contributed by atoms with E-state index in [1.807, 2.05) is 6.07 Å². The van der Waals surface area contributed by atoms with Gasteiger partial charge in [0.15, 0.2) is 18.1 Å². The Morgan fingerprint density at radius 3 is 2.91 bits per heavy atom. The number of carbonyl (C=O) groups is 1. The molecule has 23 heavy (non-hydrogen) atoms. The Balaban J connectivity index is 2.26. The normalized spacial score (nSPS) is 15.7. The van der Waals surface area contributed by atoms with Gasteiger partial charge < -0.3 is 9.47 Å². The fourth-order valence-corrected chi connectivity index (χ4v) is 3.22. The van der Waals surface area contributed by atoms with Crippen molar-refractivity contribution in [3.8, 4) is 17.6 Å². The van der Waals surface area contributed by atoms with Gasteiger partial charge in [0.2, 0.25) is 0 Å². The highest BCUT2D eigenvalue weighted by Gasteiger charge is 2.30. The van der Waals surface area contributed by atoms with Crippen LogP contribution in [0.3, 0.4) is 0 Å². The van der Waals surface area contributed by atoms with Crippen LogP contribution in [0.25, 0.3) is 6.08 Å². The SMILES string of the molecule is C=CCN1C(=O)C(=Cc2ccc(OCC#N)c(OC)c2)SC1=S. The van der Waals surface area contributed by atoms with Gasteiger partial charge >= 0.3 is 0 Å². The number of methoxy groups -OCH3 is 1. The average molecular weight is 346 g/mol. The standard InChI is InChI=1S/C16H14N2O3S2/c1-3-7-18-15(19)14(23-16(18)22)10-11-4-5-12(21-8-6-17)13(9-11)20-2/h3-5,9-10H,1,7-8H2,2H3. The van der Waals surface area contributed by atoms with E-state index in [1.54, 1.807) is 30.4 Å². The van der Waals surface area contributed by atoms with Crippen LogP contribution in [-0.4, -0.2) is 35.4 Å². The second-order valence-electron chi connectivity index (χ2n) is 4.44. The summed E-state index contributed by atoms with van der Waals surface area (Å²) in [6, 6.07) is 7.13. The molecule has 1 aromatic carbocycles. The van der Waals surface area contributed by atoms with E-state index in [-0.39, 0.29) is 12.5 Å². The highest BCUT2D eigenvalue weighted by atomic mass is 32.2. The third-order valence-corrected chi connectivity index (χ3v) is 4.34. The lowest BCUT2D eigenvalue weighted by Gasteiger charge is -2.10. The molecule has 2 rings (SSSR count). The summed E-state index contributed by atoms with van der Waals surface area (Å²) in [4.78, 5) is 14.3. The first kappa shape index (κ1) is 17.1. The molecule has 1 heterocycles. The number of rotatable bonds is 6. The zero-order valence-electron chi connectivity index (χ0n) is 12.4. The summed E-state index contributed by atoms with van der Waals surface area (Å²) in [5.74, 6) is 0.838. The van der Waals surface area contributed by atoms with Gasteiger partial charge in [-0.2, -0.15) is 5.26 Å². The van der Waals surface area contributed by atoms with Crippen LogP contribution in [0, 0.1) is 11.3 Å². The molecule has 0 atom stereocenters. The molecule has 1 aromatic rings. The maximum atomic E-state index is 12.3. The largest absolute Gasteiger partial charge is 0.493 e. The highest BCUT2D eigenvalue weighted by molar-refractivity contribution is 8.26. The van der Waals surface area contributed by atoms with E-state index >= 15 is 0 Å². The first-order valence-electron chi connectivity index (χ1n) is 6.64. The molecule has 0 N–H and O–H groups in total. The molecule has 0 bridgehead atoms. The molecular weight excluding hydrogens is 332 g/mol. The topological polar surface area (TPSA) is 62.6 Å². The summed E-state index contributed by atoms with van der Waals surface area (Å²) in [6.07, 6.45) is 3.39. The van der Waals surface area contributed by atoms with Crippen LogP contribution < -0.4 is 9.47 Å². The highest BCUT2D eigenvalue weighted by Crippen LogP contribution is 2.34. The molecule has 118 valence electrons. The maximum absolute atomic E-state index is 12.3. The summed E-state index contributed by atoms with van der Waals surface area (Å²) >= 11 is 6.45. The molecule has 0 aliphatic carbocycles. The van der Waals surface area contributed by atoms with Gasteiger partial charge in [0.05, 0.1) is 12.0 Å². The van der Waals surface area contributed by atoms with Gasteiger partial charge in [0, 0.05) is 6.54 Å². The number of ether oxygens (including phenoxy) is 2. The predicted molar refractivity (Wildman–Crippen MR) is 94.2 cm³/mol. The Bertz CT molecular complexity index is 723. The summed E-state index contributed by atoms with van der Waals surface area (Å²) in [5.41, 5.74) is 0.783. The van der Waals surface area contributed by atoms with Crippen LogP contribution in [0.2, 0.25) is 0 Å². The average Bonchev–Trinajstić information content (AvgIpc) is 2.81. The van der Waals surface area contributed by atoms with Crippen LogP contribution in [-0.2, 0) is 4.79 Å². The second-order valence-corrected chi connectivity index (χ2v) is 6.11. The van der Waals surface area contributed by atoms with E-state index in [1.165, 1.54) is 23.8 Å². The molecule has 1 aliphatic heterocycles. The summed E-state index contributed by atoms with van der Waals surface area (Å²) in [7, 11) is 1.52. The van der Waals surface area contributed by atoms with Crippen molar-refractivity contribution >= 4 is 40.3 Å². The van der Waals surface area contributed by atoms with Crippen LogP contribution in [0.4, 0.5) is 0 Å².